The number of piperazine rings is 2. The van der Waals surface area contributed by atoms with Crippen LogP contribution in [0.2, 0.25) is 0 Å². The van der Waals surface area contributed by atoms with Crippen LogP contribution in [0.4, 0.5) is 9.59 Å². The third-order valence-corrected chi connectivity index (χ3v) is 6.46. The highest BCUT2D eigenvalue weighted by atomic mass is 16.5. The molecule has 0 aromatic heterocycles. The quantitative estimate of drug-likeness (QED) is 0.580. The summed E-state index contributed by atoms with van der Waals surface area (Å²) in [5.41, 5.74) is -0.130. The predicted octanol–water partition coefficient (Wildman–Crippen LogP) is 1.16. The van der Waals surface area contributed by atoms with Crippen LogP contribution in [0.25, 0.3) is 0 Å². The lowest BCUT2D eigenvalue weighted by Crippen LogP contribution is -2.62. The van der Waals surface area contributed by atoms with Crippen molar-refractivity contribution >= 4 is 12.1 Å². The number of carbonyl (C=O) groups is 2. The fourth-order valence-corrected chi connectivity index (χ4v) is 4.55. The van der Waals surface area contributed by atoms with E-state index >= 15 is 0 Å². The maximum atomic E-state index is 12.3. The summed E-state index contributed by atoms with van der Waals surface area (Å²) < 4.78 is 5.99. The molecule has 2 aliphatic heterocycles. The van der Waals surface area contributed by atoms with E-state index in [1.54, 1.807) is 38.0 Å². The standard InChI is InChI=1S/C22H44N6O3/c1-21(2)17-25(19(29)23(5)6)9-11-27(21)13-15-31-16-14-28-12-10-26(18-22(28,3)4)20(30)24(7)8/h9-18H2,1-8H3. The summed E-state index contributed by atoms with van der Waals surface area (Å²) in [7, 11) is 7.21. The van der Waals surface area contributed by atoms with Gasteiger partial charge < -0.3 is 24.3 Å². The molecule has 2 heterocycles. The summed E-state index contributed by atoms with van der Waals surface area (Å²) in [5.74, 6) is 0. The summed E-state index contributed by atoms with van der Waals surface area (Å²) >= 11 is 0. The molecule has 0 radical (unpaired) electrons. The Morgan fingerprint density at radius 2 is 1.06 bits per heavy atom. The van der Waals surface area contributed by atoms with Crippen molar-refractivity contribution in [2.24, 2.45) is 0 Å². The second kappa shape index (κ2) is 10.4. The number of rotatable bonds is 6. The third-order valence-electron chi connectivity index (χ3n) is 6.46. The van der Waals surface area contributed by atoms with Gasteiger partial charge in [0.2, 0.25) is 0 Å². The van der Waals surface area contributed by atoms with Crippen LogP contribution in [0.15, 0.2) is 0 Å². The molecule has 2 saturated heterocycles. The van der Waals surface area contributed by atoms with Gasteiger partial charge in [-0.15, -0.1) is 0 Å². The van der Waals surface area contributed by atoms with Gasteiger partial charge in [0.1, 0.15) is 0 Å². The Morgan fingerprint density at radius 3 is 1.35 bits per heavy atom. The molecule has 2 aliphatic rings. The van der Waals surface area contributed by atoms with E-state index in [2.05, 4.69) is 37.5 Å². The number of carbonyl (C=O) groups excluding carboxylic acids is 2. The molecule has 0 unspecified atom stereocenters. The van der Waals surface area contributed by atoms with Crippen molar-refractivity contribution in [2.45, 2.75) is 38.8 Å². The monoisotopic (exact) mass is 440 g/mol. The Labute approximate surface area is 188 Å². The molecule has 180 valence electrons. The molecule has 0 N–H and O–H groups in total. The van der Waals surface area contributed by atoms with Gasteiger partial charge in [0.25, 0.3) is 0 Å². The maximum absolute atomic E-state index is 12.3. The van der Waals surface area contributed by atoms with E-state index in [-0.39, 0.29) is 23.1 Å². The second-order valence-corrected chi connectivity index (χ2v) is 10.4. The van der Waals surface area contributed by atoms with Crippen LogP contribution < -0.4 is 0 Å². The van der Waals surface area contributed by atoms with E-state index in [0.29, 0.717) is 13.2 Å². The highest BCUT2D eigenvalue weighted by molar-refractivity contribution is 5.74. The van der Waals surface area contributed by atoms with Crippen molar-refractivity contribution in [1.29, 1.82) is 0 Å². The van der Waals surface area contributed by atoms with E-state index in [1.807, 2.05) is 9.80 Å². The molecular formula is C22H44N6O3. The van der Waals surface area contributed by atoms with Crippen molar-refractivity contribution in [2.75, 3.05) is 93.8 Å². The second-order valence-electron chi connectivity index (χ2n) is 10.4. The highest BCUT2D eigenvalue weighted by Crippen LogP contribution is 2.22. The maximum Gasteiger partial charge on any atom is 0.319 e. The summed E-state index contributed by atoms with van der Waals surface area (Å²) in [6, 6.07) is 0.165. The van der Waals surface area contributed by atoms with Gasteiger partial charge in [0.15, 0.2) is 0 Å². The van der Waals surface area contributed by atoms with Gasteiger partial charge >= 0.3 is 12.1 Å². The predicted molar refractivity (Wildman–Crippen MR) is 123 cm³/mol. The van der Waals surface area contributed by atoms with E-state index < -0.39 is 0 Å². The normalized spacial score (nSPS) is 21.8. The van der Waals surface area contributed by atoms with Gasteiger partial charge in [-0.1, -0.05) is 0 Å². The zero-order valence-corrected chi connectivity index (χ0v) is 21.0. The third kappa shape index (κ3) is 6.70. The summed E-state index contributed by atoms with van der Waals surface area (Å²) in [4.78, 5) is 36.5. The first-order valence-corrected chi connectivity index (χ1v) is 11.4. The fourth-order valence-electron chi connectivity index (χ4n) is 4.55. The van der Waals surface area contributed by atoms with Gasteiger partial charge in [-0.3, -0.25) is 9.80 Å². The number of ether oxygens (including phenoxy) is 1. The van der Waals surface area contributed by atoms with Crippen LogP contribution in [-0.4, -0.2) is 146 Å². The molecule has 0 spiro atoms. The van der Waals surface area contributed by atoms with E-state index in [4.69, 9.17) is 4.74 Å². The van der Waals surface area contributed by atoms with Gasteiger partial charge in [0.05, 0.1) is 13.2 Å². The van der Waals surface area contributed by atoms with Crippen molar-refractivity contribution in [3.8, 4) is 0 Å². The van der Waals surface area contributed by atoms with Crippen LogP contribution in [0.5, 0.6) is 0 Å². The Balaban J connectivity index is 1.71. The number of nitrogens with zero attached hydrogens (tertiary/aromatic N) is 6. The molecule has 0 aliphatic carbocycles. The number of urea groups is 2. The lowest BCUT2D eigenvalue weighted by atomic mass is 9.99. The SMILES string of the molecule is CN(C)C(=O)N1CCN(CCOCCN2CCN(C(=O)N(C)C)CC2(C)C)C(C)(C)C1. The molecule has 0 bridgehead atoms. The minimum atomic E-state index is -0.0649. The van der Waals surface area contributed by atoms with Crippen LogP contribution >= 0.6 is 0 Å². The Bertz CT molecular complexity index is 570. The number of hydrogen-bond acceptors (Lipinski definition) is 5. The molecule has 0 atom stereocenters. The molecule has 9 nitrogen and oxygen atoms in total. The van der Waals surface area contributed by atoms with Gasteiger partial charge in [-0.05, 0) is 27.7 Å². The zero-order valence-electron chi connectivity index (χ0n) is 21.0. The average molecular weight is 441 g/mol. The molecule has 2 rings (SSSR count). The van der Waals surface area contributed by atoms with Crippen LogP contribution in [0.1, 0.15) is 27.7 Å². The minimum Gasteiger partial charge on any atom is -0.379 e. The van der Waals surface area contributed by atoms with Crippen molar-refractivity contribution in [3.63, 3.8) is 0 Å². The fraction of sp³-hybridized carbons (Fsp3) is 0.909. The molecule has 0 aromatic carbocycles. The first-order valence-electron chi connectivity index (χ1n) is 11.4. The van der Waals surface area contributed by atoms with Gasteiger partial charge in [-0.2, -0.15) is 0 Å². The number of hydrogen-bond donors (Lipinski definition) is 0. The topological polar surface area (TPSA) is 62.8 Å². The zero-order chi connectivity index (χ0) is 23.4. The van der Waals surface area contributed by atoms with Crippen LogP contribution in [0.3, 0.4) is 0 Å². The van der Waals surface area contributed by atoms with Crippen molar-refractivity contribution in [1.82, 2.24) is 29.4 Å². The van der Waals surface area contributed by atoms with E-state index in [9.17, 15) is 9.59 Å². The first-order chi connectivity index (χ1) is 14.3. The average Bonchev–Trinajstić information content (AvgIpc) is 2.67. The molecule has 0 aromatic rings. The van der Waals surface area contributed by atoms with Crippen molar-refractivity contribution < 1.29 is 14.3 Å². The lowest BCUT2D eigenvalue weighted by molar-refractivity contribution is -0.0120. The summed E-state index contributed by atoms with van der Waals surface area (Å²) in [6.07, 6.45) is 0. The summed E-state index contributed by atoms with van der Waals surface area (Å²) in [5, 5.41) is 0. The van der Waals surface area contributed by atoms with E-state index in [0.717, 1.165) is 52.4 Å². The van der Waals surface area contributed by atoms with Gasteiger partial charge in [-0.25, -0.2) is 9.59 Å². The smallest absolute Gasteiger partial charge is 0.319 e. The molecule has 31 heavy (non-hydrogen) atoms. The highest BCUT2D eigenvalue weighted by Gasteiger charge is 2.37. The lowest BCUT2D eigenvalue weighted by Gasteiger charge is -2.48. The molecule has 9 heteroatoms. The Hall–Kier alpha value is -1.58. The largest absolute Gasteiger partial charge is 0.379 e. The van der Waals surface area contributed by atoms with E-state index in [1.165, 1.54) is 0 Å². The number of amides is 4. The molecule has 2 fully saturated rings. The van der Waals surface area contributed by atoms with Crippen LogP contribution in [0, 0.1) is 0 Å². The minimum absolute atomic E-state index is 0.0649. The molecular weight excluding hydrogens is 396 g/mol. The van der Waals surface area contributed by atoms with Crippen molar-refractivity contribution in [3.05, 3.63) is 0 Å². The summed E-state index contributed by atoms with van der Waals surface area (Å²) in [6.45, 7) is 16.6. The first kappa shape index (κ1) is 25.7. The van der Waals surface area contributed by atoms with Gasteiger partial charge in [0, 0.05) is 91.6 Å². The Kier molecular flexibility index (Phi) is 8.58. The molecule has 0 saturated carbocycles. The van der Waals surface area contributed by atoms with Crippen LogP contribution in [-0.2, 0) is 4.74 Å². The molecule has 4 amide bonds. The Morgan fingerprint density at radius 1 is 0.710 bits per heavy atom.